The van der Waals surface area contributed by atoms with Gasteiger partial charge in [-0.25, -0.2) is 4.98 Å². The van der Waals surface area contributed by atoms with E-state index in [2.05, 4.69) is 59.4 Å². The van der Waals surface area contributed by atoms with E-state index >= 15 is 0 Å². The van der Waals surface area contributed by atoms with Crippen LogP contribution in [-0.2, 0) is 6.54 Å². The summed E-state index contributed by atoms with van der Waals surface area (Å²) in [7, 11) is 1.65. The number of hydrogen-bond acceptors (Lipinski definition) is 7. The number of rotatable bonds is 10. The molecule has 0 bridgehead atoms. The third-order valence-electron chi connectivity index (χ3n) is 6.38. The van der Waals surface area contributed by atoms with Crippen molar-refractivity contribution < 1.29 is 9.84 Å². The third-order valence-corrected chi connectivity index (χ3v) is 6.38. The monoisotopic (exact) mass is 441 g/mol. The minimum Gasteiger partial charge on any atom is -0.508 e. The van der Waals surface area contributed by atoms with Gasteiger partial charge in [-0.15, -0.1) is 0 Å². The average Bonchev–Trinajstić information content (AvgIpc) is 2.83. The molecule has 0 aliphatic carbocycles. The highest BCUT2D eigenvalue weighted by Crippen LogP contribution is 2.31. The van der Waals surface area contributed by atoms with Crippen LogP contribution in [0, 0.1) is 0 Å². The number of aromatic hydroxyl groups is 1. The number of hydrogen-bond donors (Lipinski definition) is 1. The number of phenols is 1. The van der Waals surface area contributed by atoms with Crippen molar-refractivity contribution in [3.05, 3.63) is 35.9 Å². The molecule has 176 valence electrons. The molecule has 7 heteroatoms. The van der Waals surface area contributed by atoms with E-state index in [9.17, 15) is 5.11 Å². The van der Waals surface area contributed by atoms with Crippen LogP contribution in [0.3, 0.4) is 0 Å². The molecule has 1 aliphatic rings. The number of benzene rings is 1. The summed E-state index contributed by atoms with van der Waals surface area (Å²) >= 11 is 0. The molecular formula is C25H39N5O2. The Morgan fingerprint density at radius 2 is 1.56 bits per heavy atom. The zero-order valence-corrected chi connectivity index (χ0v) is 20.3. The summed E-state index contributed by atoms with van der Waals surface area (Å²) < 4.78 is 5.31. The first-order valence-corrected chi connectivity index (χ1v) is 11.9. The van der Waals surface area contributed by atoms with Gasteiger partial charge in [0.05, 0.1) is 12.8 Å². The molecule has 1 aromatic carbocycles. The maximum Gasteiger partial charge on any atom is 0.154 e. The predicted molar refractivity (Wildman–Crippen MR) is 134 cm³/mol. The molecule has 3 rings (SSSR count). The Kier molecular flexibility index (Phi) is 8.45. The zero-order valence-electron chi connectivity index (χ0n) is 20.3. The van der Waals surface area contributed by atoms with E-state index < -0.39 is 0 Å². The number of nitrogens with zero attached hydrogens (tertiary/aromatic N) is 5. The molecule has 0 saturated carbocycles. The highest BCUT2D eigenvalue weighted by molar-refractivity contribution is 5.70. The molecule has 0 amide bonds. The highest BCUT2D eigenvalue weighted by Gasteiger charge is 2.22. The molecule has 7 nitrogen and oxygen atoms in total. The summed E-state index contributed by atoms with van der Waals surface area (Å²) in [5.41, 5.74) is 2.12. The number of piperazine rings is 1. The van der Waals surface area contributed by atoms with Gasteiger partial charge in [0.2, 0.25) is 0 Å². The first-order chi connectivity index (χ1) is 15.5. The normalized spacial score (nSPS) is 14.5. The number of aromatic nitrogens is 1. The Morgan fingerprint density at radius 3 is 2.16 bits per heavy atom. The molecule has 1 N–H and O–H groups in total. The molecular weight excluding hydrogens is 402 g/mol. The molecule has 2 heterocycles. The van der Waals surface area contributed by atoms with Crippen molar-refractivity contribution >= 4 is 17.3 Å². The molecule has 1 aromatic heterocycles. The minimum atomic E-state index is 0.325. The van der Waals surface area contributed by atoms with Crippen molar-refractivity contribution in [3.8, 4) is 11.5 Å². The van der Waals surface area contributed by atoms with Crippen molar-refractivity contribution in [2.75, 3.05) is 74.2 Å². The van der Waals surface area contributed by atoms with Crippen LogP contribution in [-0.4, -0.2) is 74.5 Å². The Hall–Kier alpha value is -2.67. The Morgan fingerprint density at radius 1 is 0.906 bits per heavy atom. The summed E-state index contributed by atoms with van der Waals surface area (Å²) in [6.07, 6.45) is 0. The first kappa shape index (κ1) is 24.0. The number of methoxy groups -OCH3 is 1. The van der Waals surface area contributed by atoms with E-state index in [1.807, 2.05) is 6.07 Å². The van der Waals surface area contributed by atoms with Crippen molar-refractivity contribution in [2.45, 2.75) is 34.2 Å². The van der Waals surface area contributed by atoms with Crippen LogP contribution >= 0.6 is 0 Å². The lowest BCUT2D eigenvalue weighted by Crippen LogP contribution is -2.46. The van der Waals surface area contributed by atoms with Gasteiger partial charge in [0.1, 0.15) is 17.3 Å². The lowest BCUT2D eigenvalue weighted by atomic mass is 10.1. The van der Waals surface area contributed by atoms with Crippen LogP contribution in [0.5, 0.6) is 11.5 Å². The van der Waals surface area contributed by atoms with E-state index in [0.717, 1.165) is 81.9 Å². The summed E-state index contributed by atoms with van der Waals surface area (Å²) in [4.78, 5) is 14.6. The zero-order chi connectivity index (χ0) is 23.1. The van der Waals surface area contributed by atoms with E-state index in [1.165, 1.54) is 5.69 Å². The molecule has 1 aliphatic heterocycles. The van der Waals surface area contributed by atoms with Crippen LogP contribution in [0.25, 0.3) is 0 Å². The molecule has 1 fully saturated rings. The van der Waals surface area contributed by atoms with E-state index in [0.29, 0.717) is 5.75 Å². The van der Waals surface area contributed by atoms with Crippen LogP contribution in [0.1, 0.15) is 33.3 Å². The van der Waals surface area contributed by atoms with Crippen LogP contribution in [0.2, 0.25) is 0 Å². The highest BCUT2D eigenvalue weighted by atomic mass is 16.5. The van der Waals surface area contributed by atoms with Crippen LogP contribution in [0.4, 0.5) is 17.3 Å². The van der Waals surface area contributed by atoms with Gasteiger partial charge in [-0.2, -0.15) is 0 Å². The Balaban J connectivity index is 1.72. The van der Waals surface area contributed by atoms with Gasteiger partial charge in [0.25, 0.3) is 0 Å². The van der Waals surface area contributed by atoms with E-state index in [1.54, 1.807) is 19.2 Å². The van der Waals surface area contributed by atoms with Gasteiger partial charge in [-0.05, 0) is 58.0 Å². The minimum absolute atomic E-state index is 0.325. The molecule has 1 saturated heterocycles. The van der Waals surface area contributed by atoms with E-state index in [4.69, 9.17) is 9.72 Å². The summed E-state index contributed by atoms with van der Waals surface area (Å²) in [6.45, 7) is 17.0. The number of phenolic OH excluding ortho intramolecular Hbond substituents is 1. The fourth-order valence-electron chi connectivity index (χ4n) is 4.37. The largest absolute Gasteiger partial charge is 0.508 e. The van der Waals surface area contributed by atoms with Crippen molar-refractivity contribution in [1.29, 1.82) is 0 Å². The number of pyridine rings is 1. The SMILES string of the molecule is CCN(CC)c1ccc(N2CCN(Cc3cc(OC)ccc3O)CC2)nc1N(CC)CC. The van der Waals surface area contributed by atoms with Crippen molar-refractivity contribution in [2.24, 2.45) is 0 Å². The van der Waals surface area contributed by atoms with Gasteiger partial charge in [-0.3, -0.25) is 4.90 Å². The molecule has 0 spiro atoms. The number of anilines is 3. The van der Waals surface area contributed by atoms with Gasteiger partial charge >= 0.3 is 0 Å². The summed E-state index contributed by atoms with van der Waals surface area (Å²) in [5.74, 6) is 3.23. The van der Waals surface area contributed by atoms with Gasteiger partial charge in [0, 0.05) is 64.5 Å². The summed E-state index contributed by atoms with van der Waals surface area (Å²) in [5, 5.41) is 10.2. The fraction of sp³-hybridized carbons (Fsp3) is 0.560. The second kappa shape index (κ2) is 11.3. The van der Waals surface area contributed by atoms with Gasteiger partial charge in [-0.1, -0.05) is 0 Å². The molecule has 0 unspecified atom stereocenters. The molecule has 0 radical (unpaired) electrons. The van der Waals surface area contributed by atoms with Gasteiger partial charge in [0.15, 0.2) is 5.82 Å². The standard InChI is InChI=1S/C25H39N5O2/c1-6-28(7-2)22-11-13-24(26-25(22)29(8-3)9-4)30-16-14-27(15-17-30)19-20-18-21(32-5)10-12-23(20)31/h10-13,18,31H,6-9,14-17,19H2,1-5H3. The molecule has 2 aromatic rings. The van der Waals surface area contributed by atoms with Crippen LogP contribution in [0.15, 0.2) is 30.3 Å². The quantitative estimate of drug-likeness (QED) is 0.602. The smallest absolute Gasteiger partial charge is 0.154 e. The maximum atomic E-state index is 10.2. The average molecular weight is 442 g/mol. The second-order valence-corrected chi connectivity index (χ2v) is 8.11. The topological polar surface area (TPSA) is 55.3 Å². The van der Waals surface area contributed by atoms with Crippen molar-refractivity contribution in [3.63, 3.8) is 0 Å². The first-order valence-electron chi connectivity index (χ1n) is 11.9. The second-order valence-electron chi connectivity index (χ2n) is 8.11. The summed E-state index contributed by atoms with van der Waals surface area (Å²) in [6, 6.07) is 9.83. The maximum absolute atomic E-state index is 10.2. The lowest BCUT2D eigenvalue weighted by Gasteiger charge is -2.36. The van der Waals surface area contributed by atoms with Crippen LogP contribution < -0.4 is 19.4 Å². The fourth-order valence-corrected chi connectivity index (χ4v) is 4.37. The number of ether oxygens (including phenoxy) is 1. The molecule has 32 heavy (non-hydrogen) atoms. The van der Waals surface area contributed by atoms with Gasteiger partial charge < -0.3 is 24.5 Å². The Labute approximate surface area is 193 Å². The lowest BCUT2D eigenvalue weighted by molar-refractivity contribution is 0.246. The molecule has 0 atom stereocenters. The van der Waals surface area contributed by atoms with Crippen molar-refractivity contribution in [1.82, 2.24) is 9.88 Å². The Bertz CT molecular complexity index is 859. The third kappa shape index (κ3) is 5.38. The van der Waals surface area contributed by atoms with E-state index in [-0.39, 0.29) is 0 Å². The predicted octanol–water partition coefficient (Wildman–Crippen LogP) is 3.81.